The van der Waals surface area contributed by atoms with Crippen LogP contribution in [-0.4, -0.2) is 27.4 Å². The van der Waals surface area contributed by atoms with Gasteiger partial charge < -0.3 is 5.73 Å². The van der Waals surface area contributed by atoms with Gasteiger partial charge in [0.2, 0.25) is 0 Å². The van der Waals surface area contributed by atoms with Crippen LogP contribution in [0.15, 0.2) is 12.2 Å². The Morgan fingerprint density at radius 1 is 0.783 bits per heavy atom. The average Bonchev–Trinajstić information content (AvgIpc) is 2.50. The summed E-state index contributed by atoms with van der Waals surface area (Å²) in [6.45, 7) is 3.14. The minimum atomic E-state index is -0.458. The van der Waals surface area contributed by atoms with Crippen LogP contribution in [0.25, 0.3) is 0 Å². The third kappa shape index (κ3) is 34.2. The molecule has 0 unspecified atom stereocenters. The summed E-state index contributed by atoms with van der Waals surface area (Å²) in [4.78, 5) is 8.71. The van der Waals surface area contributed by atoms with Gasteiger partial charge in [0.25, 0.3) is 0 Å². The molecule has 0 fully saturated rings. The van der Waals surface area contributed by atoms with E-state index < -0.39 is 4.81 Å². The molecule has 0 aromatic rings. The fraction of sp³-hybridized carbons (Fsp3) is 0.842. The summed E-state index contributed by atoms with van der Waals surface area (Å²) in [5.74, 6) is 0. The molecule has 0 aromatic carbocycles. The van der Waals surface area contributed by atoms with E-state index in [4.69, 9.17) is 10.5 Å². The van der Waals surface area contributed by atoms with Crippen molar-refractivity contribution in [1.82, 2.24) is 0 Å². The Balaban J connectivity index is 0. The Bertz CT molecular complexity index is 254. The zero-order valence-electron chi connectivity index (χ0n) is 15.2. The molecule has 4 heteroatoms. The first-order valence-electron chi connectivity index (χ1n) is 9.46. The van der Waals surface area contributed by atoms with Gasteiger partial charge in [0.1, 0.15) is 0 Å². The number of nitrogens with two attached hydrogens (primary N) is 2. The Hall–Kier alpha value is -0.311. The topological polar surface area (TPSA) is 69.1 Å². The second-order valence-corrected chi connectivity index (χ2v) is 6.89. The van der Waals surface area contributed by atoms with Crippen molar-refractivity contribution in [1.29, 1.82) is 0 Å². The van der Waals surface area contributed by atoms with E-state index in [0.29, 0.717) is 0 Å². The number of allylic oxidation sites excluding steroid dienone is 2. The predicted octanol–water partition coefficient (Wildman–Crippen LogP) is 5.22. The third-order valence-corrected chi connectivity index (χ3v) is 3.72. The minimum absolute atomic E-state index is 0.458. The van der Waals surface area contributed by atoms with Gasteiger partial charge in [-0.25, -0.2) is 0 Å². The van der Waals surface area contributed by atoms with Gasteiger partial charge in [0, 0.05) is 0 Å². The van der Waals surface area contributed by atoms with Crippen molar-refractivity contribution in [3.05, 3.63) is 12.2 Å². The molecule has 23 heavy (non-hydrogen) atoms. The Morgan fingerprint density at radius 2 is 1.13 bits per heavy atom. The molecule has 137 valence electrons. The molecule has 4 N–H and O–H groups in total. The van der Waals surface area contributed by atoms with E-state index in [1.165, 1.54) is 89.9 Å². The van der Waals surface area contributed by atoms with Crippen molar-refractivity contribution < 1.29 is 4.79 Å². The van der Waals surface area contributed by atoms with Crippen molar-refractivity contribution in [2.45, 2.75) is 96.8 Å². The molecule has 0 aromatic heterocycles. The van der Waals surface area contributed by atoms with Crippen LogP contribution in [0, 0.1) is 0 Å². The zero-order valence-corrected chi connectivity index (χ0v) is 16.9. The summed E-state index contributed by atoms with van der Waals surface area (Å²) in [6.07, 6.45) is 23.9. The van der Waals surface area contributed by atoms with Gasteiger partial charge in [-0.05, 0) is 38.6 Å². The van der Waals surface area contributed by atoms with Crippen LogP contribution in [0.5, 0.6) is 0 Å². The van der Waals surface area contributed by atoms with Crippen LogP contribution in [0.3, 0.4) is 0 Å². The van der Waals surface area contributed by atoms with Crippen molar-refractivity contribution in [3.8, 4) is 0 Å². The van der Waals surface area contributed by atoms with Gasteiger partial charge >= 0.3 is 31.3 Å². The Morgan fingerprint density at radius 3 is 1.52 bits per heavy atom. The third-order valence-electron chi connectivity index (χ3n) is 3.72. The molecular formula is C19H39N2OSe. The first kappa shape index (κ1) is 24.9. The normalized spacial score (nSPS) is 10.5. The van der Waals surface area contributed by atoms with Gasteiger partial charge in [0.15, 0.2) is 0 Å². The van der Waals surface area contributed by atoms with Crippen LogP contribution in [0.4, 0.5) is 4.79 Å². The standard InChI is InChI=1S/C18H37N.CH2NOSe/c1-2-3-4-5-6-7-8-9-10-11-12-13-14-15-16-17-18-19;2-1(3)4/h9-10H,2-8,11-19H2,1H3;(H2,2,3)/b10-9-;. The van der Waals surface area contributed by atoms with Gasteiger partial charge in [-0.1, -0.05) is 76.9 Å². The summed E-state index contributed by atoms with van der Waals surface area (Å²) in [7, 11) is 0. The molecule has 0 rings (SSSR count). The van der Waals surface area contributed by atoms with Crippen LogP contribution in [-0.2, 0) is 0 Å². The summed E-state index contributed by atoms with van der Waals surface area (Å²) in [5.41, 5.74) is 9.89. The van der Waals surface area contributed by atoms with E-state index in [9.17, 15) is 0 Å². The quantitative estimate of drug-likeness (QED) is 0.229. The monoisotopic (exact) mass is 391 g/mol. The summed E-state index contributed by atoms with van der Waals surface area (Å²) in [6, 6.07) is 0. The Labute approximate surface area is 152 Å². The first-order valence-corrected chi connectivity index (χ1v) is 10.3. The van der Waals surface area contributed by atoms with Crippen LogP contribution in [0.1, 0.15) is 96.8 Å². The van der Waals surface area contributed by atoms with Crippen molar-refractivity contribution >= 4 is 20.8 Å². The molecular weight excluding hydrogens is 351 g/mol. The van der Waals surface area contributed by atoms with E-state index in [1.807, 2.05) is 16.0 Å². The molecule has 0 aliphatic rings. The molecule has 0 saturated heterocycles. The van der Waals surface area contributed by atoms with Gasteiger partial charge in [0.05, 0.1) is 0 Å². The molecule has 1 amide bonds. The van der Waals surface area contributed by atoms with E-state index in [-0.39, 0.29) is 0 Å². The average molecular weight is 390 g/mol. The van der Waals surface area contributed by atoms with Crippen molar-refractivity contribution in [2.24, 2.45) is 11.5 Å². The van der Waals surface area contributed by atoms with E-state index in [2.05, 4.69) is 24.8 Å². The Kier molecular flexibility index (Phi) is 26.0. The molecule has 0 atom stereocenters. The second-order valence-electron chi connectivity index (χ2n) is 6.05. The van der Waals surface area contributed by atoms with Crippen molar-refractivity contribution in [3.63, 3.8) is 0 Å². The number of rotatable bonds is 15. The molecule has 0 aliphatic carbocycles. The molecule has 0 bridgehead atoms. The maximum absolute atomic E-state index is 9.17. The van der Waals surface area contributed by atoms with Gasteiger partial charge in [-0.2, -0.15) is 0 Å². The van der Waals surface area contributed by atoms with E-state index >= 15 is 0 Å². The van der Waals surface area contributed by atoms with Gasteiger partial charge in [-0.3, -0.25) is 0 Å². The summed E-state index contributed by atoms with van der Waals surface area (Å²) < 4.78 is 0. The SMILES string of the molecule is CCCCCCCC/C=C\CCCCCCCCN.NC(=O)[Se]. The summed E-state index contributed by atoms with van der Waals surface area (Å²) >= 11 is 2.04. The first-order chi connectivity index (χ1) is 11.1. The van der Waals surface area contributed by atoms with Crippen LogP contribution >= 0.6 is 0 Å². The molecule has 0 heterocycles. The van der Waals surface area contributed by atoms with E-state index in [1.54, 1.807) is 0 Å². The summed E-state index contributed by atoms with van der Waals surface area (Å²) in [5, 5.41) is 0. The number of amides is 1. The number of hydrogen-bond acceptors (Lipinski definition) is 2. The van der Waals surface area contributed by atoms with Crippen molar-refractivity contribution in [2.75, 3.05) is 6.54 Å². The van der Waals surface area contributed by atoms with E-state index in [0.717, 1.165) is 6.54 Å². The molecule has 0 aliphatic heterocycles. The number of unbranched alkanes of at least 4 members (excludes halogenated alkanes) is 12. The fourth-order valence-electron chi connectivity index (χ4n) is 2.39. The second kappa shape index (κ2) is 23.9. The maximum atomic E-state index is 9.17. The fourth-order valence-corrected chi connectivity index (χ4v) is 2.39. The molecule has 3 nitrogen and oxygen atoms in total. The number of carbonyl (C=O) groups is 1. The van der Waals surface area contributed by atoms with Gasteiger partial charge in [-0.15, -0.1) is 0 Å². The molecule has 1 radical (unpaired) electrons. The molecule has 0 saturated carbocycles. The predicted molar refractivity (Wildman–Crippen MR) is 104 cm³/mol. The van der Waals surface area contributed by atoms with Crippen LogP contribution in [0.2, 0.25) is 0 Å². The number of hydrogen-bond donors (Lipinski definition) is 2. The zero-order chi connectivity index (χ0) is 17.6. The number of primary amides is 1. The molecule has 0 spiro atoms. The van der Waals surface area contributed by atoms with Crippen LogP contribution < -0.4 is 11.5 Å². The number of carbonyl (C=O) groups excluding carboxylic acids is 1.